The first-order valence-corrected chi connectivity index (χ1v) is 6.69. The Kier molecular flexibility index (Phi) is 3.91. The van der Waals surface area contributed by atoms with E-state index in [-0.39, 0.29) is 0 Å². The first-order valence-electron chi connectivity index (χ1n) is 5.89. The van der Waals surface area contributed by atoms with E-state index in [1.165, 1.54) is 0 Å². The summed E-state index contributed by atoms with van der Waals surface area (Å²) in [5, 5.41) is 2.14. The Bertz CT molecular complexity index is 533. The third kappa shape index (κ3) is 2.50. The molecule has 102 valence electrons. The highest BCUT2D eigenvalue weighted by atomic mass is 79.9. The van der Waals surface area contributed by atoms with Gasteiger partial charge in [0.05, 0.1) is 7.11 Å². The molecule has 3 N–H and O–H groups in total. The normalized spacial score (nSPS) is 21.4. The van der Waals surface area contributed by atoms with Crippen LogP contribution in [0.1, 0.15) is 17.5 Å². The van der Waals surface area contributed by atoms with Crippen LogP contribution in [0.3, 0.4) is 0 Å². The third-order valence-corrected chi connectivity index (χ3v) is 4.25. The van der Waals surface area contributed by atoms with Gasteiger partial charge in [0.15, 0.2) is 0 Å². The number of nitrogens with two attached hydrogens (primary N) is 1. The van der Waals surface area contributed by atoms with Crippen LogP contribution in [0.4, 0.5) is 0 Å². The van der Waals surface area contributed by atoms with Gasteiger partial charge in [-0.1, -0.05) is 15.9 Å². The van der Waals surface area contributed by atoms with Crippen molar-refractivity contribution >= 4 is 28.2 Å². The first-order chi connectivity index (χ1) is 9.01. The van der Waals surface area contributed by atoms with Gasteiger partial charge in [-0.3, -0.25) is 14.9 Å². The van der Waals surface area contributed by atoms with Crippen LogP contribution in [0.2, 0.25) is 0 Å². The van der Waals surface area contributed by atoms with Crippen LogP contribution in [0.25, 0.3) is 0 Å². The number of halogens is 1. The lowest BCUT2D eigenvalue weighted by Crippen LogP contribution is -2.57. The fourth-order valence-electron chi connectivity index (χ4n) is 2.44. The minimum absolute atomic E-state index is 0.352. The number of benzene rings is 1. The molecule has 2 rings (SSSR count). The number of carbonyl (C=O) groups is 2. The molecule has 1 aromatic rings. The van der Waals surface area contributed by atoms with Crippen LogP contribution < -0.4 is 15.8 Å². The summed E-state index contributed by atoms with van der Waals surface area (Å²) in [6.07, 6.45) is 1.87. The number of rotatable bonds is 3. The molecule has 0 radical (unpaired) electrons. The Morgan fingerprint density at radius 3 is 2.89 bits per heavy atom. The summed E-state index contributed by atoms with van der Waals surface area (Å²) in [6, 6.07) is 3.76. The van der Waals surface area contributed by atoms with Crippen molar-refractivity contribution in [3.8, 4) is 5.75 Å². The SMILES string of the molecule is COc1ccc(Br)c2c1CC(N)(C(=O)NC=O)CC2. The van der Waals surface area contributed by atoms with Gasteiger partial charge in [0.1, 0.15) is 11.3 Å². The molecule has 1 atom stereocenters. The molecule has 1 aliphatic rings. The second-order valence-electron chi connectivity index (χ2n) is 4.63. The van der Waals surface area contributed by atoms with Gasteiger partial charge in [-0.05, 0) is 30.5 Å². The van der Waals surface area contributed by atoms with Crippen molar-refractivity contribution in [2.75, 3.05) is 7.11 Å². The fraction of sp³-hybridized carbons (Fsp3) is 0.385. The molecule has 0 aliphatic heterocycles. The molecule has 2 amide bonds. The summed E-state index contributed by atoms with van der Waals surface area (Å²) in [4.78, 5) is 22.3. The van der Waals surface area contributed by atoms with Gasteiger partial charge in [0.2, 0.25) is 12.3 Å². The highest BCUT2D eigenvalue weighted by Crippen LogP contribution is 2.37. The lowest BCUT2D eigenvalue weighted by atomic mass is 9.77. The largest absolute Gasteiger partial charge is 0.496 e. The molecule has 0 heterocycles. The first kappa shape index (κ1) is 14.0. The number of nitrogens with one attached hydrogen (secondary N) is 1. The molecule has 0 bridgehead atoms. The molecule has 0 aromatic heterocycles. The molecule has 0 spiro atoms. The molecular weight excluding hydrogens is 312 g/mol. The van der Waals surface area contributed by atoms with E-state index < -0.39 is 11.4 Å². The highest BCUT2D eigenvalue weighted by molar-refractivity contribution is 9.10. The van der Waals surface area contributed by atoms with E-state index >= 15 is 0 Å². The predicted octanol–water partition coefficient (Wildman–Crippen LogP) is 0.916. The van der Waals surface area contributed by atoms with E-state index in [4.69, 9.17) is 10.5 Å². The number of ether oxygens (including phenoxy) is 1. The Morgan fingerprint density at radius 2 is 2.26 bits per heavy atom. The maximum Gasteiger partial charge on any atom is 0.246 e. The highest BCUT2D eigenvalue weighted by Gasteiger charge is 2.39. The lowest BCUT2D eigenvalue weighted by Gasteiger charge is -2.33. The van der Waals surface area contributed by atoms with Crippen molar-refractivity contribution in [1.29, 1.82) is 0 Å². The summed E-state index contributed by atoms with van der Waals surface area (Å²) in [5.41, 5.74) is 7.10. The molecule has 0 fully saturated rings. The van der Waals surface area contributed by atoms with Gasteiger partial charge < -0.3 is 10.5 Å². The molecule has 5 nitrogen and oxygen atoms in total. The summed E-state index contributed by atoms with van der Waals surface area (Å²) >= 11 is 3.50. The van der Waals surface area contributed by atoms with E-state index in [2.05, 4.69) is 21.2 Å². The zero-order valence-electron chi connectivity index (χ0n) is 10.5. The topological polar surface area (TPSA) is 81.4 Å². The van der Waals surface area contributed by atoms with Gasteiger partial charge in [-0.25, -0.2) is 0 Å². The maximum absolute atomic E-state index is 11.9. The van der Waals surface area contributed by atoms with Crippen LogP contribution in [-0.4, -0.2) is 25.0 Å². The number of amides is 2. The summed E-state index contributed by atoms with van der Waals surface area (Å²) in [5.74, 6) is 0.266. The molecule has 0 saturated carbocycles. The van der Waals surface area contributed by atoms with Crippen LogP contribution in [0.15, 0.2) is 16.6 Å². The average Bonchev–Trinajstić information content (AvgIpc) is 2.39. The second kappa shape index (κ2) is 5.30. The molecule has 1 aromatic carbocycles. The quantitative estimate of drug-likeness (QED) is 0.809. The minimum atomic E-state index is -1.07. The monoisotopic (exact) mass is 326 g/mol. The van der Waals surface area contributed by atoms with Crippen LogP contribution >= 0.6 is 15.9 Å². The van der Waals surface area contributed by atoms with Gasteiger partial charge in [0.25, 0.3) is 0 Å². The molecule has 19 heavy (non-hydrogen) atoms. The van der Waals surface area contributed by atoms with Crippen molar-refractivity contribution in [1.82, 2.24) is 5.32 Å². The minimum Gasteiger partial charge on any atom is -0.496 e. The number of fused-ring (bicyclic) bond motifs is 1. The summed E-state index contributed by atoms with van der Waals surface area (Å²) < 4.78 is 6.31. The second-order valence-corrected chi connectivity index (χ2v) is 5.49. The Balaban J connectivity index is 2.40. The van der Waals surface area contributed by atoms with Gasteiger partial charge in [-0.2, -0.15) is 0 Å². The van der Waals surface area contributed by atoms with Crippen molar-refractivity contribution in [2.24, 2.45) is 5.73 Å². The van der Waals surface area contributed by atoms with Gasteiger partial charge in [0, 0.05) is 16.5 Å². The van der Waals surface area contributed by atoms with Gasteiger partial charge in [-0.15, -0.1) is 0 Å². The maximum atomic E-state index is 11.9. The van der Waals surface area contributed by atoms with Crippen molar-refractivity contribution in [3.63, 3.8) is 0 Å². The van der Waals surface area contributed by atoms with Gasteiger partial charge >= 0.3 is 0 Å². The lowest BCUT2D eigenvalue weighted by molar-refractivity contribution is -0.130. The number of hydrogen-bond acceptors (Lipinski definition) is 4. The van der Waals surface area contributed by atoms with Crippen molar-refractivity contribution in [3.05, 3.63) is 27.7 Å². The zero-order chi connectivity index (χ0) is 14.0. The number of imide groups is 1. The Hall–Kier alpha value is -1.40. The van der Waals surface area contributed by atoms with E-state index in [1.807, 2.05) is 12.1 Å². The van der Waals surface area contributed by atoms with Crippen LogP contribution in [0, 0.1) is 0 Å². The summed E-state index contributed by atoms with van der Waals surface area (Å²) in [6.45, 7) is 0. The average molecular weight is 327 g/mol. The van der Waals surface area contributed by atoms with E-state index in [0.717, 1.165) is 15.6 Å². The molecular formula is C13H15BrN2O3. The number of hydrogen-bond donors (Lipinski definition) is 2. The molecule has 6 heteroatoms. The standard InChI is InChI=1S/C13H15BrN2O3/c1-19-11-3-2-10(14)8-4-5-13(15,6-9(8)11)12(18)16-7-17/h2-3,7H,4-6,15H2,1H3,(H,16,17,18). The number of carbonyl (C=O) groups excluding carboxylic acids is 2. The van der Waals surface area contributed by atoms with Crippen molar-refractivity contribution < 1.29 is 14.3 Å². The van der Waals surface area contributed by atoms with Crippen LogP contribution in [-0.2, 0) is 22.4 Å². The Labute approximate surface area is 119 Å². The van der Waals surface area contributed by atoms with E-state index in [9.17, 15) is 9.59 Å². The summed E-state index contributed by atoms with van der Waals surface area (Å²) in [7, 11) is 1.59. The zero-order valence-corrected chi connectivity index (χ0v) is 12.1. The van der Waals surface area contributed by atoms with E-state index in [1.54, 1.807) is 7.11 Å². The number of methoxy groups -OCH3 is 1. The molecule has 1 aliphatic carbocycles. The smallest absolute Gasteiger partial charge is 0.246 e. The fourth-order valence-corrected chi connectivity index (χ4v) is 3.01. The molecule has 0 saturated heterocycles. The van der Waals surface area contributed by atoms with Crippen LogP contribution in [0.5, 0.6) is 5.75 Å². The van der Waals surface area contributed by atoms with E-state index in [0.29, 0.717) is 31.4 Å². The third-order valence-electron chi connectivity index (χ3n) is 3.51. The Morgan fingerprint density at radius 1 is 1.53 bits per heavy atom. The molecule has 1 unspecified atom stereocenters. The van der Waals surface area contributed by atoms with Crippen molar-refractivity contribution in [2.45, 2.75) is 24.8 Å². The predicted molar refractivity (Wildman–Crippen MR) is 73.8 cm³/mol.